The largest absolute Gasteiger partial charge is 0.323 e. The van der Waals surface area contributed by atoms with E-state index in [0.29, 0.717) is 29.1 Å². The molecule has 2 aromatic carbocycles. The molecule has 29 heavy (non-hydrogen) atoms. The zero-order valence-corrected chi connectivity index (χ0v) is 16.5. The maximum atomic E-state index is 13.9. The molecule has 0 bridgehead atoms. The van der Waals surface area contributed by atoms with Gasteiger partial charge in [0, 0.05) is 24.4 Å². The highest BCUT2D eigenvalue weighted by atomic mass is 35.5. The Balaban J connectivity index is 1.55. The molecule has 150 valence electrons. The van der Waals surface area contributed by atoms with Gasteiger partial charge in [0.2, 0.25) is 11.8 Å². The lowest BCUT2D eigenvalue weighted by molar-refractivity contribution is -0.117. The SMILES string of the molecule is CC12CCC(=O)N1c1ccccc1C(=O)N2CCC(=O)Nc1cc(Cl)ccc1F. The number of hydrogen-bond acceptors (Lipinski definition) is 3. The highest BCUT2D eigenvalue weighted by Gasteiger charge is 2.52. The van der Waals surface area contributed by atoms with E-state index in [2.05, 4.69) is 5.32 Å². The first-order chi connectivity index (χ1) is 13.8. The van der Waals surface area contributed by atoms with Crippen molar-refractivity contribution in [2.24, 2.45) is 0 Å². The number of benzene rings is 2. The van der Waals surface area contributed by atoms with Crippen molar-refractivity contribution in [1.29, 1.82) is 0 Å². The summed E-state index contributed by atoms with van der Waals surface area (Å²) in [5, 5.41) is 2.79. The van der Waals surface area contributed by atoms with Gasteiger partial charge in [-0.15, -0.1) is 0 Å². The summed E-state index contributed by atoms with van der Waals surface area (Å²) in [6.45, 7) is 1.93. The average Bonchev–Trinajstić information content (AvgIpc) is 3.00. The number of halogens is 2. The lowest BCUT2D eigenvalue weighted by Gasteiger charge is -2.48. The molecule has 0 aliphatic carbocycles. The number of rotatable bonds is 4. The van der Waals surface area contributed by atoms with E-state index in [4.69, 9.17) is 11.6 Å². The fraction of sp³-hybridized carbons (Fsp3) is 0.286. The van der Waals surface area contributed by atoms with Crippen LogP contribution in [0.5, 0.6) is 0 Å². The molecular weight excluding hydrogens is 397 g/mol. The molecule has 1 N–H and O–H groups in total. The molecule has 0 radical (unpaired) electrons. The van der Waals surface area contributed by atoms with Crippen LogP contribution in [0.25, 0.3) is 0 Å². The van der Waals surface area contributed by atoms with Crippen molar-refractivity contribution in [3.8, 4) is 0 Å². The predicted octanol–water partition coefficient (Wildman–Crippen LogP) is 3.81. The number of nitrogens with one attached hydrogen (secondary N) is 1. The molecule has 3 amide bonds. The van der Waals surface area contributed by atoms with E-state index in [-0.39, 0.29) is 30.5 Å². The van der Waals surface area contributed by atoms with Crippen molar-refractivity contribution < 1.29 is 18.8 Å². The summed E-state index contributed by atoms with van der Waals surface area (Å²) in [5.41, 5.74) is 0.191. The zero-order chi connectivity index (χ0) is 20.8. The first-order valence-electron chi connectivity index (χ1n) is 9.30. The van der Waals surface area contributed by atoms with E-state index in [1.54, 1.807) is 34.1 Å². The Hall–Kier alpha value is -2.93. The first kappa shape index (κ1) is 19.4. The Bertz CT molecular complexity index is 1030. The van der Waals surface area contributed by atoms with Gasteiger partial charge >= 0.3 is 0 Å². The van der Waals surface area contributed by atoms with Crippen LogP contribution < -0.4 is 10.2 Å². The molecule has 1 saturated heterocycles. The van der Waals surface area contributed by atoms with E-state index in [1.807, 2.05) is 6.92 Å². The first-order valence-corrected chi connectivity index (χ1v) is 9.68. The second-order valence-electron chi connectivity index (χ2n) is 7.34. The Morgan fingerprint density at radius 2 is 2.00 bits per heavy atom. The van der Waals surface area contributed by atoms with Gasteiger partial charge in [0.25, 0.3) is 5.91 Å². The van der Waals surface area contributed by atoms with Crippen LogP contribution in [-0.2, 0) is 9.59 Å². The molecule has 2 aromatic rings. The van der Waals surface area contributed by atoms with Crippen LogP contribution in [0.2, 0.25) is 5.02 Å². The third kappa shape index (κ3) is 3.25. The van der Waals surface area contributed by atoms with Crippen LogP contribution in [0.1, 0.15) is 36.5 Å². The Kier molecular flexibility index (Phi) is 4.78. The number of anilines is 2. The van der Waals surface area contributed by atoms with E-state index in [1.165, 1.54) is 18.2 Å². The number of carbonyl (C=O) groups is 3. The highest BCUT2D eigenvalue weighted by Crippen LogP contribution is 2.43. The maximum Gasteiger partial charge on any atom is 0.257 e. The minimum atomic E-state index is -0.829. The molecule has 8 heteroatoms. The van der Waals surface area contributed by atoms with Gasteiger partial charge in [-0.3, -0.25) is 19.3 Å². The highest BCUT2D eigenvalue weighted by molar-refractivity contribution is 6.30. The number of fused-ring (bicyclic) bond motifs is 3. The van der Waals surface area contributed by atoms with Gasteiger partial charge in [0.15, 0.2) is 0 Å². The van der Waals surface area contributed by atoms with Gasteiger partial charge in [-0.2, -0.15) is 0 Å². The number of hydrogen-bond donors (Lipinski definition) is 1. The lowest BCUT2D eigenvalue weighted by atomic mass is 9.98. The van der Waals surface area contributed by atoms with Crippen LogP contribution in [-0.4, -0.2) is 34.8 Å². The average molecular weight is 416 g/mol. The Morgan fingerprint density at radius 1 is 1.24 bits per heavy atom. The molecule has 4 rings (SSSR count). The smallest absolute Gasteiger partial charge is 0.257 e. The van der Waals surface area contributed by atoms with Gasteiger partial charge in [0.1, 0.15) is 11.5 Å². The van der Waals surface area contributed by atoms with Crippen molar-refractivity contribution >= 4 is 40.7 Å². The van der Waals surface area contributed by atoms with Crippen molar-refractivity contribution in [2.45, 2.75) is 31.8 Å². The lowest BCUT2D eigenvalue weighted by Crippen LogP contribution is -2.62. The van der Waals surface area contributed by atoms with E-state index in [0.717, 1.165) is 0 Å². The van der Waals surface area contributed by atoms with Gasteiger partial charge in [-0.25, -0.2) is 4.39 Å². The maximum absolute atomic E-state index is 13.9. The molecule has 0 saturated carbocycles. The molecule has 6 nitrogen and oxygen atoms in total. The van der Waals surface area contributed by atoms with Gasteiger partial charge in [-0.1, -0.05) is 23.7 Å². The standard InChI is InChI=1S/C21H19ClFN3O3/c1-21-10-8-19(28)26(21)17-5-3-2-4-14(17)20(29)25(21)11-9-18(27)24-16-12-13(22)6-7-15(16)23/h2-7,12H,8-11H2,1H3,(H,24,27). The van der Waals surface area contributed by atoms with Crippen LogP contribution in [0.3, 0.4) is 0 Å². The second kappa shape index (κ2) is 7.15. The molecule has 1 atom stereocenters. The molecule has 2 aliphatic rings. The summed E-state index contributed by atoms with van der Waals surface area (Å²) >= 11 is 5.85. The van der Waals surface area contributed by atoms with Crippen molar-refractivity contribution in [3.63, 3.8) is 0 Å². The monoisotopic (exact) mass is 415 g/mol. The van der Waals surface area contributed by atoms with Crippen molar-refractivity contribution in [3.05, 3.63) is 58.9 Å². The minimum absolute atomic E-state index is 0.0123. The third-order valence-corrected chi connectivity index (χ3v) is 5.75. The van der Waals surface area contributed by atoms with Crippen molar-refractivity contribution in [1.82, 2.24) is 4.90 Å². The summed E-state index contributed by atoms with van der Waals surface area (Å²) < 4.78 is 13.9. The molecule has 2 heterocycles. The summed E-state index contributed by atoms with van der Waals surface area (Å²) in [6, 6.07) is 10.9. The molecule has 0 aromatic heterocycles. The van der Waals surface area contributed by atoms with Crippen LogP contribution in [0.15, 0.2) is 42.5 Å². The molecule has 1 fully saturated rings. The second-order valence-corrected chi connectivity index (χ2v) is 7.78. The Morgan fingerprint density at radius 3 is 2.79 bits per heavy atom. The molecule has 1 unspecified atom stereocenters. The number of carbonyl (C=O) groups excluding carboxylic acids is 3. The van der Waals surface area contributed by atoms with E-state index >= 15 is 0 Å². The van der Waals surface area contributed by atoms with Crippen molar-refractivity contribution in [2.75, 3.05) is 16.8 Å². The van der Waals surface area contributed by atoms with Crippen LogP contribution in [0, 0.1) is 5.82 Å². The van der Waals surface area contributed by atoms with Crippen LogP contribution >= 0.6 is 11.6 Å². The minimum Gasteiger partial charge on any atom is -0.323 e. The number of amides is 3. The van der Waals surface area contributed by atoms with E-state index in [9.17, 15) is 18.8 Å². The van der Waals surface area contributed by atoms with Gasteiger partial charge < -0.3 is 10.2 Å². The zero-order valence-electron chi connectivity index (χ0n) is 15.7. The topological polar surface area (TPSA) is 69.7 Å². The summed E-state index contributed by atoms with van der Waals surface area (Å²) in [7, 11) is 0. The van der Waals surface area contributed by atoms with Gasteiger partial charge in [-0.05, 0) is 43.7 Å². The van der Waals surface area contributed by atoms with Gasteiger partial charge in [0.05, 0.1) is 16.9 Å². The number of nitrogens with zero attached hydrogens (tertiary/aromatic N) is 2. The Labute approximate surface area is 172 Å². The summed E-state index contributed by atoms with van der Waals surface area (Å²) in [4.78, 5) is 41.3. The summed E-state index contributed by atoms with van der Waals surface area (Å²) in [6.07, 6.45) is 0.766. The third-order valence-electron chi connectivity index (χ3n) is 5.51. The van der Waals surface area contributed by atoms with E-state index < -0.39 is 17.4 Å². The fourth-order valence-corrected chi connectivity index (χ4v) is 4.23. The fourth-order valence-electron chi connectivity index (χ4n) is 4.06. The normalized spacial score (nSPS) is 20.5. The summed E-state index contributed by atoms with van der Waals surface area (Å²) in [5.74, 6) is -1.32. The quantitative estimate of drug-likeness (QED) is 0.825. The molecule has 0 spiro atoms. The number of para-hydroxylation sites is 1. The molecule has 2 aliphatic heterocycles. The predicted molar refractivity (Wildman–Crippen MR) is 107 cm³/mol. The van der Waals surface area contributed by atoms with Crippen LogP contribution in [0.4, 0.5) is 15.8 Å². The molecular formula is C21H19ClFN3O3.